The number of benzene rings is 2. The predicted molar refractivity (Wildman–Crippen MR) is 123 cm³/mol. The van der Waals surface area contributed by atoms with Crippen molar-refractivity contribution in [2.24, 2.45) is 0 Å². The maximum Gasteiger partial charge on any atom is 0.261 e. The van der Waals surface area contributed by atoms with Crippen LogP contribution in [0.3, 0.4) is 0 Å². The van der Waals surface area contributed by atoms with E-state index in [-0.39, 0.29) is 26.7 Å². The second-order valence-corrected chi connectivity index (χ2v) is 11.7. The third-order valence-electron chi connectivity index (χ3n) is 5.81. The normalized spacial score (nSPS) is 18.7. The number of nitrogens with zero attached hydrogens (tertiary/aromatic N) is 2. The van der Waals surface area contributed by atoms with Gasteiger partial charge >= 0.3 is 0 Å². The van der Waals surface area contributed by atoms with Crippen LogP contribution >= 0.6 is 34.5 Å². The van der Waals surface area contributed by atoms with E-state index < -0.39 is 27.9 Å². The van der Waals surface area contributed by atoms with Crippen molar-refractivity contribution in [3.8, 4) is 0 Å². The van der Waals surface area contributed by atoms with E-state index in [0.717, 1.165) is 27.4 Å². The highest BCUT2D eigenvalue weighted by molar-refractivity contribution is 7.89. The zero-order valence-corrected chi connectivity index (χ0v) is 19.6. The molecular formula is C22H16Cl2N2O4S2. The smallest absolute Gasteiger partial charge is 0.261 e. The van der Waals surface area contributed by atoms with Crippen LogP contribution in [0.15, 0.2) is 59.5 Å². The standard InChI is InChI=1S/C22H16Cl2N2O4S2/c23-19-11-18(20(24)31-19)32(29,30)26-10-9-13-5-1-2-6-14(13)17(26)12-25-21(27)15-7-3-4-8-16(15)22(25)28/h1-8,11,17H,9-10,12H2/t17-/m1/s1. The number of rotatable bonds is 4. The molecule has 5 rings (SSSR count). The van der Waals surface area contributed by atoms with Gasteiger partial charge in [0, 0.05) is 6.54 Å². The molecule has 0 bridgehead atoms. The monoisotopic (exact) mass is 506 g/mol. The van der Waals surface area contributed by atoms with Crippen molar-refractivity contribution >= 4 is 56.4 Å². The highest BCUT2D eigenvalue weighted by Gasteiger charge is 2.43. The number of imide groups is 1. The van der Waals surface area contributed by atoms with Crippen LogP contribution in [0.5, 0.6) is 0 Å². The number of fused-ring (bicyclic) bond motifs is 2. The maximum atomic E-state index is 13.6. The molecule has 1 aromatic heterocycles. The van der Waals surface area contributed by atoms with Gasteiger partial charge in [-0.1, -0.05) is 59.6 Å². The highest BCUT2D eigenvalue weighted by atomic mass is 35.5. The lowest BCUT2D eigenvalue weighted by Gasteiger charge is -2.37. The van der Waals surface area contributed by atoms with E-state index in [1.807, 2.05) is 24.3 Å². The Bertz CT molecular complexity index is 1330. The molecule has 0 saturated heterocycles. The van der Waals surface area contributed by atoms with Crippen LogP contribution in [-0.2, 0) is 16.4 Å². The van der Waals surface area contributed by atoms with Gasteiger partial charge in [0.25, 0.3) is 11.8 Å². The molecule has 10 heteroatoms. The van der Waals surface area contributed by atoms with Gasteiger partial charge in [0.15, 0.2) is 0 Å². The van der Waals surface area contributed by atoms with E-state index in [1.165, 1.54) is 10.4 Å². The molecule has 1 atom stereocenters. The molecule has 0 aliphatic carbocycles. The molecule has 0 unspecified atom stereocenters. The van der Waals surface area contributed by atoms with Gasteiger partial charge in [0.05, 0.1) is 28.0 Å². The second kappa shape index (κ2) is 7.97. The quantitative estimate of drug-likeness (QED) is 0.483. The number of sulfonamides is 1. The van der Waals surface area contributed by atoms with E-state index in [1.54, 1.807) is 24.3 Å². The Labute approximate surface area is 199 Å². The Morgan fingerprint density at radius 2 is 1.59 bits per heavy atom. The average molecular weight is 507 g/mol. The van der Waals surface area contributed by atoms with Crippen LogP contribution in [0.4, 0.5) is 0 Å². The summed E-state index contributed by atoms with van der Waals surface area (Å²) in [5.74, 6) is -0.856. The topological polar surface area (TPSA) is 74.8 Å². The van der Waals surface area contributed by atoms with E-state index in [2.05, 4.69) is 0 Å². The van der Waals surface area contributed by atoms with Gasteiger partial charge < -0.3 is 0 Å². The predicted octanol–water partition coefficient (Wildman–Crippen LogP) is 4.64. The number of hydrogen-bond acceptors (Lipinski definition) is 5. The molecule has 2 aromatic carbocycles. The highest BCUT2D eigenvalue weighted by Crippen LogP contribution is 2.41. The first-order valence-corrected chi connectivity index (χ1v) is 12.8. The van der Waals surface area contributed by atoms with Gasteiger partial charge in [-0.05, 0) is 35.7 Å². The number of carbonyl (C=O) groups is 2. The molecule has 3 aromatic rings. The molecule has 6 nitrogen and oxygen atoms in total. The van der Waals surface area contributed by atoms with E-state index >= 15 is 0 Å². The van der Waals surface area contributed by atoms with E-state index in [0.29, 0.717) is 17.5 Å². The summed E-state index contributed by atoms with van der Waals surface area (Å²) in [5.41, 5.74) is 2.39. The van der Waals surface area contributed by atoms with Crippen LogP contribution in [0.2, 0.25) is 8.67 Å². The average Bonchev–Trinajstić information content (AvgIpc) is 3.25. The first-order valence-electron chi connectivity index (χ1n) is 9.78. The van der Waals surface area contributed by atoms with Crippen LogP contribution in [-0.4, -0.2) is 42.5 Å². The molecule has 32 heavy (non-hydrogen) atoms. The Hall–Kier alpha value is -2.23. The molecule has 0 spiro atoms. The zero-order valence-electron chi connectivity index (χ0n) is 16.5. The lowest BCUT2D eigenvalue weighted by atomic mass is 9.94. The van der Waals surface area contributed by atoms with Crippen molar-refractivity contribution in [2.45, 2.75) is 17.4 Å². The first-order chi connectivity index (χ1) is 15.3. The van der Waals surface area contributed by atoms with Gasteiger partial charge in [-0.3, -0.25) is 14.5 Å². The molecule has 0 radical (unpaired) electrons. The summed E-state index contributed by atoms with van der Waals surface area (Å²) in [5, 5.41) is 0. The molecule has 0 saturated carbocycles. The molecule has 3 heterocycles. The Morgan fingerprint density at radius 3 is 2.22 bits per heavy atom. The van der Waals surface area contributed by atoms with Crippen LogP contribution < -0.4 is 0 Å². The minimum absolute atomic E-state index is 0.0686. The minimum Gasteiger partial charge on any atom is -0.272 e. The summed E-state index contributed by atoms with van der Waals surface area (Å²) in [4.78, 5) is 27.0. The number of amides is 2. The third kappa shape index (κ3) is 3.38. The van der Waals surface area contributed by atoms with Gasteiger partial charge in [-0.15, -0.1) is 11.3 Å². The first kappa shape index (κ1) is 21.6. The van der Waals surface area contributed by atoms with Gasteiger partial charge in [-0.25, -0.2) is 8.42 Å². The summed E-state index contributed by atoms with van der Waals surface area (Å²) in [6, 6.07) is 14.7. The third-order valence-corrected chi connectivity index (χ3v) is 9.47. The number of carbonyl (C=O) groups excluding carboxylic acids is 2. The second-order valence-electron chi connectivity index (χ2n) is 7.54. The van der Waals surface area contributed by atoms with Gasteiger partial charge in [-0.2, -0.15) is 4.31 Å². The van der Waals surface area contributed by atoms with Gasteiger partial charge in [0.1, 0.15) is 9.23 Å². The van der Waals surface area contributed by atoms with Crippen LogP contribution in [0.1, 0.15) is 37.9 Å². The Kier molecular flexibility index (Phi) is 5.38. The van der Waals surface area contributed by atoms with Crippen molar-refractivity contribution < 1.29 is 18.0 Å². The van der Waals surface area contributed by atoms with Gasteiger partial charge in [0.2, 0.25) is 10.0 Å². The molecule has 2 amide bonds. The van der Waals surface area contributed by atoms with E-state index in [9.17, 15) is 18.0 Å². The van der Waals surface area contributed by atoms with Crippen molar-refractivity contribution in [2.75, 3.05) is 13.1 Å². The summed E-state index contributed by atoms with van der Waals surface area (Å²) in [6.45, 7) is 0.0923. The van der Waals surface area contributed by atoms with Crippen molar-refractivity contribution in [3.63, 3.8) is 0 Å². The van der Waals surface area contributed by atoms with Crippen molar-refractivity contribution in [1.82, 2.24) is 9.21 Å². The Morgan fingerprint density at radius 1 is 0.969 bits per heavy atom. The Balaban J connectivity index is 1.58. The molecular weight excluding hydrogens is 491 g/mol. The summed E-state index contributed by atoms with van der Waals surface area (Å²) in [6.07, 6.45) is 0.503. The summed E-state index contributed by atoms with van der Waals surface area (Å²) >= 11 is 13.2. The summed E-state index contributed by atoms with van der Waals surface area (Å²) < 4.78 is 28.9. The fraction of sp³-hybridized carbons (Fsp3) is 0.182. The molecule has 0 N–H and O–H groups in total. The number of thiophene rings is 1. The lowest BCUT2D eigenvalue weighted by Crippen LogP contribution is -2.46. The zero-order chi connectivity index (χ0) is 22.6. The minimum atomic E-state index is -4.03. The number of hydrogen-bond donors (Lipinski definition) is 0. The van der Waals surface area contributed by atoms with Crippen LogP contribution in [0.25, 0.3) is 0 Å². The van der Waals surface area contributed by atoms with E-state index in [4.69, 9.17) is 23.2 Å². The SMILES string of the molecule is O=C1c2ccccc2C(=O)N1C[C@@H]1c2ccccc2CCN1S(=O)(=O)c1cc(Cl)sc1Cl. The van der Waals surface area contributed by atoms with Crippen LogP contribution in [0, 0.1) is 0 Å². The lowest BCUT2D eigenvalue weighted by molar-refractivity contribution is 0.0616. The largest absolute Gasteiger partial charge is 0.272 e. The molecule has 2 aliphatic heterocycles. The maximum absolute atomic E-state index is 13.6. The fourth-order valence-electron chi connectivity index (χ4n) is 4.31. The summed E-state index contributed by atoms with van der Waals surface area (Å²) in [7, 11) is -4.03. The van der Waals surface area contributed by atoms with Crippen molar-refractivity contribution in [1.29, 1.82) is 0 Å². The molecule has 164 valence electrons. The molecule has 0 fully saturated rings. The molecule has 2 aliphatic rings. The van der Waals surface area contributed by atoms with Crippen molar-refractivity contribution in [3.05, 3.63) is 85.5 Å². The fourth-order valence-corrected chi connectivity index (χ4v) is 8.02. The number of halogens is 2.